The lowest BCUT2D eigenvalue weighted by atomic mass is 10.1. The molecule has 51 heavy (non-hydrogen) atoms. The fourth-order valence-electron chi connectivity index (χ4n) is 6.02. The number of thiazole rings is 1. The number of aryl methyl sites for hydroxylation is 1. The van der Waals surface area contributed by atoms with Crippen molar-refractivity contribution in [2.75, 3.05) is 23.0 Å². The van der Waals surface area contributed by atoms with E-state index in [4.69, 9.17) is 0 Å². The topological polar surface area (TPSA) is 132 Å². The van der Waals surface area contributed by atoms with Gasteiger partial charge in [-0.1, -0.05) is 90.7 Å². The number of hydrogen-bond acceptors (Lipinski definition) is 9. The van der Waals surface area contributed by atoms with E-state index in [0.29, 0.717) is 19.5 Å². The summed E-state index contributed by atoms with van der Waals surface area (Å²) < 4.78 is 69.8. The molecule has 0 atom stereocenters. The highest BCUT2D eigenvalue weighted by atomic mass is 32.2. The van der Waals surface area contributed by atoms with Gasteiger partial charge in [0.2, 0.25) is 5.52 Å². The van der Waals surface area contributed by atoms with Crippen LogP contribution in [0.4, 0.5) is 5.69 Å². The zero-order valence-corrected chi connectivity index (χ0v) is 31.1. The Morgan fingerprint density at radius 1 is 0.863 bits per heavy atom. The Kier molecular flexibility index (Phi) is 11.5. The number of thioether (sulfide) groups is 1. The highest BCUT2D eigenvalue weighted by Crippen LogP contribution is 2.50. The summed E-state index contributed by atoms with van der Waals surface area (Å²) in [6.07, 6.45) is 8.93. The van der Waals surface area contributed by atoms with Gasteiger partial charge in [-0.05, 0) is 64.9 Å². The maximum absolute atomic E-state index is 11.5. The molecule has 0 fully saturated rings. The summed E-state index contributed by atoms with van der Waals surface area (Å²) in [5.41, 5.74) is 3.02. The van der Waals surface area contributed by atoms with Crippen LogP contribution in [0, 0.1) is 0 Å². The van der Waals surface area contributed by atoms with Crippen LogP contribution in [0.5, 0.6) is 0 Å². The van der Waals surface area contributed by atoms with Crippen LogP contribution >= 0.6 is 23.1 Å². The van der Waals surface area contributed by atoms with Crippen LogP contribution in [0.3, 0.4) is 0 Å². The van der Waals surface area contributed by atoms with Gasteiger partial charge in [0.25, 0.3) is 15.1 Å². The summed E-state index contributed by atoms with van der Waals surface area (Å²) in [5, 5.41) is 6.37. The van der Waals surface area contributed by atoms with Gasteiger partial charge in [0.15, 0.2) is 6.54 Å². The third-order valence-electron chi connectivity index (χ3n) is 8.40. The van der Waals surface area contributed by atoms with Crippen LogP contribution in [0.2, 0.25) is 0 Å². The van der Waals surface area contributed by atoms with Crippen molar-refractivity contribution in [2.24, 2.45) is 0 Å². The molecule has 1 N–H and O–H groups in total. The van der Waals surface area contributed by atoms with E-state index in [1.165, 1.54) is 0 Å². The van der Waals surface area contributed by atoms with Crippen LogP contribution in [0.15, 0.2) is 125 Å². The Morgan fingerprint density at radius 2 is 1.55 bits per heavy atom. The lowest BCUT2D eigenvalue weighted by Crippen LogP contribution is -2.36. The Hall–Kier alpha value is -4.11. The number of hydrogen-bond donors (Lipinski definition) is 1. The summed E-state index contributed by atoms with van der Waals surface area (Å²) in [6.45, 7) is 2.87. The summed E-state index contributed by atoms with van der Waals surface area (Å²) in [5.74, 6) is -0.754. The molecule has 0 spiro atoms. The van der Waals surface area contributed by atoms with E-state index in [9.17, 15) is 25.9 Å². The van der Waals surface area contributed by atoms with Crippen molar-refractivity contribution < 1.29 is 30.5 Å². The van der Waals surface area contributed by atoms with E-state index in [-0.39, 0.29) is 18.6 Å². The molecule has 9 nitrogen and oxygen atoms in total. The van der Waals surface area contributed by atoms with Gasteiger partial charge in [-0.15, -0.1) is 0 Å². The Balaban J connectivity index is 0.000000677. The molecule has 264 valence electrons. The van der Waals surface area contributed by atoms with E-state index in [1.54, 1.807) is 35.5 Å². The summed E-state index contributed by atoms with van der Waals surface area (Å²) in [4.78, 5) is 7.00. The molecule has 0 bridgehead atoms. The van der Waals surface area contributed by atoms with E-state index < -0.39 is 26.0 Å². The predicted molar refractivity (Wildman–Crippen MR) is 207 cm³/mol. The summed E-state index contributed by atoms with van der Waals surface area (Å²) >= 11 is 3.28. The molecule has 6 aromatic rings. The monoisotopic (exact) mass is 759 g/mol. The third kappa shape index (κ3) is 9.23. The number of aromatic nitrogens is 2. The van der Waals surface area contributed by atoms with Crippen molar-refractivity contribution in [3.05, 3.63) is 125 Å². The maximum atomic E-state index is 11.5. The molecule has 1 aliphatic rings. The Bertz CT molecular complexity index is 2440. The van der Waals surface area contributed by atoms with Gasteiger partial charge in [-0.3, -0.25) is 9.54 Å². The van der Waals surface area contributed by atoms with Crippen LogP contribution in [-0.2, 0) is 26.8 Å². The molecule has 13 heteroatoms. The first-order chi connectivity index (χ1) is 24.5. The van der Waals surface area contributed by atoms with Gasteiger partial charge in [0.05, 0.1) is 26.6 Å². The first-order valence-corrected chi connectivity index (χ1v) is 21.3. The number of pyridine rings is 1. The second-order valence-electron chi connectivity index (χ2n) is 12.0. The molecule has 0 unspecified atom stereocenters. The van der Waals surface area contributed by atoms with Crippen molar-refractivity contribution in [2.45, 2.75) is 37.6 Å². The van der Waals surface area contributed by atoms with E-state index in [2.05, 4.69) is 76.0 Å². The zero-order chi connectivity index (χ0) is 36.0. The number of rotatable bonds is 11. The molecule has 0 amide bonds. The quantitative estimate of drug-likeness (QED) is 0.103. The van der Waals surface area contributed by atoms with Crippen LogP contribution in [-0.4, -0.2) is 49.0 Å². The van der Waals surface area contributed by atoms with Gasteiger partial charge in [-0.25, -0.2) is 8.42 Å². The number of fused-ring (bicyclic) bond motifs is 6. The number of anilines is 1. The lowest BCUT2D eigenvalue weighted by molar-refractivity contribution is -0.668. The summed E-state index contributed by atoms with van der Waals surface area (Å²) in [7, 11) is -8.42. The minimum Gasteiger partial charge on any atom is -0.748 e. The summed E-state index contributed by atoms with van der Waals surface area (Å²) in [6, 6.07) is 30.3. The number of allylic oxidation sites excluding steroid dienone is 2. The molecular formula is C38H37N3O6S4. The zero-order valence-electron chi connectivity index (χ0n) is 27.9. The van der Waals surface area contributed by atoms with Crippen molar-refractivity contribution in [1.82, 2.24) is 4.98 Å². The predicted octanol–water partition coefficient (Wildman–Crippen LogP) is 8.04. The van der Waals surface area contributed by atoms with Gasteiger partial charge >= 0.3 is 0 Å². The minimum atomic E-state index is -4.33. The highest BCUT2D eigenvalue weighted by Gasteiger charge is 2.28. The average Bonchev–Trinajstić information content (AvgIpc) is 3.65. The Labute approximate surface area is 306 Å². The fraction of sp³-hybridized carbons (Fsp3) is 0.211. The first-order valence-electron chi connectivity index (χ1n) is 16.5. The molecule has 7 rings (SSSR count). The van der Waals surface area contributed by atoms with E-state index in [1.807, 2.05) is 48.5 Å². The first kappa shape index (κ1) is 36.7. The second-order valence-corrected chi connectivity index (χ2v) is 17.1. The highest BCUT2D eigenvalue weighted by molar-refractivity contribution is 8.04. The molecule has 0 radical (unpaired) electrons. The second kappa shape index (κ2) is 16.1. The lowest BCUT2D eigenvalue weighted by Gasteiger charge is -2.20. The molecule has 0 saturated carbocycles. The van der Waals surface area contributed by atoms with Crippen LogP contribution in [0.1, 0.15) is 31.2 Å². The van der Waals surface area contributed by atoms with Gasteiger partial charge in [0.1, 0.15) is 4.70 Å². The van der Waals surface area contributed by atoms with Crippen molar-refractivity contribution in [3.63, 3.8) is 0 Å². The normalized spacial score (nSPS) is 14.3. The largest absolute Gasteiger partial charge is 0.748 e. The van der Waals surface area contributed by atoms with Gasteiger partial charge < -0.3 is 9.45 Å². The molecule has 2 aromatic heterocycles. The van der Waals surface area contributed by atoms with Crippen molar-refractivity contribution >= 4 is 86.9 Å². The third-order valence-corrected chi connectivity index (χ3v) is 12.4. The minimum absolute atomic E-state index is 0.207. The van der Waals surface area contributed by atoms with Crippen molar-refractivity contribution in [1.29, 1.82) is 0 Å². The molecule has 4 aromatic carbocycles. The van der Waals surface area contributed by atoms with E-state index >= 15 is 0 Å². The molecule has 0 aliphatic carbocycles. The molecule has 1 aliphatic heterocycles. The van der Waals surface area contributed by atoms with Crippen molar-refractivity contribution in [3.8, 4) is 0 Å². The number of benzene rings is 4. The smallest absolute Gasteiger partial charge is 0.264 e. The van der Waals surface area contributed by atoms with Gasteiger partial charge in [0, 0.05) is 53.5 Å². The van der Waals surface area contributed by atoms with E-state index in [0.717, 1.165) is 58.0 Å². The SMILES string of the molecule is CCC(/C=C1\Sc2c(ccc3ccccc23)N1CCCS(=O)(=O)O)=C\c1sc2c3ccccc3ccc2[n+]1CCCS(=O)(=O)[O-].c1ccncc1. The van der Waals surface area contributed by atoms with Crippen LogP contribution < -0.4 is 9.47 Å². The molecule has 3 heterocycles. The number of nitrogens with zero attached hydrogens (tertiary/aromatic N) is 3. The Morgan fingerprint density at radius 3 is 2.20 bits per heavy atom. The van der Waals surface area contributed by atoms with Crippen LogP contribution in [0.25, 0.3) is 37.8 Å². The average molecular weight is 760 g/mol. The molecular weight excluding hydrogens is 723 g/mol. The fourth-order valence-corrected chi connectivity index (χ4v) is 9.59. The standard InChI is InChI=1S/C33H32N2O6S4.C5H5N/c1-2-23(21-30-34(17-7-19-44(36,37)38)28-15-13-24-9-3-5-11-26(24)32(28)42-30)22-31-35(18-8-20-45(39,40)41)29-16-14-25-10-4-6-12-27(25)33(29)43-31;1-2-4-6-5-3-1/h3-6,9-16,21-22H,2,7-8,17-20H2,1H3,(H-,36,37,38,39,40,41);1-5H. The maximum Gasteiger partial charge on any atom is 0.264 e. The van der Waals surface area contributed by atoms with Gasteiger partial charge in [-0.2, -0.15) is 13.0 Å². The molecule has 0 saturated heterocycles.